The van der Waals surface area contributed by atoms with Crippen molar-refractivity contribution in [1.29, 1.82) is 0 Å². The van der Waals surface area contributed by atoms with Gasteiger partial charge in [0.15, 0.2) is 0 Å². The van der Waals surface area contributed by atoms with Crippen LogP contribution < -0.4 is 5.32 Å². The molecule has 0 heterocycles. The summed E-state index contributed by atoms with van der Waals surface area (Å²) in [7, 11) is 0. The van der Waals surface area contributed by atoms with Gasteiger partial charge in [0.25, 0.3) is 0 Å². The lowest BCUT2D eigenvalue weighted by atomic mass is 9.76. The smallest absolute Gasteiger partial charge is 0.000802 e. The average molecular weight is 239 g/mol. The largest absolute Gasteiger partial charge is 0.316 e. The van der Waals surface area contributed by atoms with E-state index in [0.717, 1.165) is 11.8 Å². The standard InChI is InChI=1S/C16H33N/c1-5-15(6-2)11-16(9-7-8-10-16)13-17-12-14(3)4/h14-15,17H,5-13H2,1-4H3. The third-order valence-corrected chi connectivity index (χ3v) is 4.59. The maximum absolute atomic E-state index is 3.72. The highest BCUT2D eigenvalue weighted by molar-refractivity contribution is 4.88. The number of nitrogens with one attached hydrogen (secondary N) is 1. The van der Waals surface area contributed by atoms with Gasteiger partial charge >= 0.3 is 0 Å². The molecule has 0 aromatic rings. The molecule has 1 aliphatic carbocycles. The SMILES string of the molecule is CCC(CC)CC1(CNCC(C)C)CCCC1. The first-order chi connectivity index (χ1) is 8.12. The van der Waals surface area contributed by atoms with Crippen LogP contribution in [0.4, 0.5) is 0 Å². The van der Waals surface area contributed by atoms with Gasteiger partial charge in [-0.05, 0) is 43.1 Å². The van der Waals surface area contributed by atoms with Crippen molar-refractivity contribution in [3.05, 3.63) is 0 Å². The molecule has 1 N–H and O–H groups in total. The van der Waals surface area contributed by atoms with Crippen molar-refractivity contribution in [3.8, 4) is 0 Å². The Morgan fingerprint density at radius 3 is 2.12 bits per heavy atom. The van der Waals surface area contributed by atoms with E-state index in [4.69, 9.17) is 0 Å². The molecule has 1 saturated carbocycles. The molecular formula is C16H33N. The number of hydrogen-bond acceptors (Lipinski definition) is 1. The van der Waals surface area contributed by atoms with Crippen molar-refractivity contribution in [1.82, 2.24) is 5.32 Å². The second-order valence-electron chi connectivity index (χ2n) is 6.62. The summed E-state index contributed by atoms with van der Waals surface area (Å²) in [4.78, 5) is 0. The van der Waals surface area contributed by atoms with Crippen LogP contribution in [0, 0.1) is 17.3 Å². The van der Waals surface area contributed by atoms with Gasteiger partial charge in [0.05, 0.1) is 0 Å². The van der Waals surface area contributed by atoms with Crippen molar-refractivity contribution < 1.29 is 0 Å². The van der Waals surface area contributed by atoms with Crippen LogP contribution in [0.5, 0.6) is 0 Å². The van der Waals surface area contributed by atoms with Crippen LogP contribution in [0.15, 0.2) is 0 Å². The van der Waals surface area contributed by atoms with Crippen molar-refractivity contribution in [2.45, 2.75) is 72.6 Å². The van der Waals surface area contributed by atoms with E-state index in [0.29, 0.717) is 5.41 Å². The zero-order valence-corrected chi connectivity index (χ0v) is 12.5. The molecule has 0 aromatic heterocycles. The topological polar surface area (TPSA) is 12.0 Å². The van der Waals surface area contributed by atoms with Crippen LogP contribution >= 0.6 is 0 Å². The summed E-state index contributed by atoms with van der Waals surface area (Å²) in [5.74, 6) is 1.73. The lowest BCUT2D eigenvalue weighted by Gasteiger charge is -2.33. The van der Waals surface area contributed by atoms with Crippen LogP contribution in [0.3, 0.4) is 0 Å². The molecule has 0 bridgehead atoms. The van der Waals surface area contributed by atoms with Gasteiger partial charge in [-0.25, -0.2) is 0 Å². The predicted molar refractivity (Wildman–Crippen MR) is 77.3 cm³/mol. The maximum atomic E-state index is 3.72. The zero-order chi connectivity index (χ0) is 12.7. The third-order valence-electron chi connectivity index (χ3n) is 4.59. The zero-order valence-electron chi connectivity index (χ0n) is 12.5. The first-order valence-corrected chi connectivity index (χ1v) is 7.82. The molecule has 1 rings (SSSR count). The predicted octanol–water partition coefficient (Wildman–Crippen LogP) is 4.62. The molecule has 1 aliphatic rings. The summed E-state index contributed by atoms with van der Waals surface area (Å²) in [5, 5.41) is 3.72. The Balaban J connectivity index is 2.44. The fourth-order valence-electron chi connectivity index (χ4n) is 3.39. The van der Waals surface area contributed by atoms with Crippen LogP contribution in [-0.2, 0) is 0 Å². The molecule has 0 unspecified atom stereocenters. The molecule has 0 atom stereocenters. The molecule has 0 saturated heterocycles. The van der Waals surface area contributed by atoms with Gasteiger partial charge in [-0.3, -0.25) is 0 Å². The second-order valence-corrected chi connectivity index (χ2v) is 6.62. The van der Waals surface area contributed by atoms with Gasteiger partial charge in [-0.2, -0.15) is 0 Å². The van der Waals surface area contributed by atoms with Gasteiger partial charge in [0.1, 0.15) is 0 Å². The fourth-order valence-corrected chi connectivity index (χ4v) is 3.39. The Kier molecular flexibility index (Phi) is 6.54. The average Bonchev–Trinajstić information content (AvgIpc) is 2.74. The summed E-state index contributed by atoms with van der Waals surface area (Å²) in [6.07, 6.45) is 10.0. The summed E-state index contributed by atoms with van der Waals surface area (Å²) in [6, 6.07) is 0. The van der Waals surface area contributed by atoms with E-state index in [1.54, 1.807) is 0 Å². The van der Waals surface area contributed by atoms with Crippen LogP contribution in [0.1, 0.15) is 72.6 Å². The molecule has 17 heavy (non-hydrogen) atoms. The van der Waals surface area contributed by atoms with Crippen molar-refractivity contribution in [2.75, 3.05) is 13.1 Å². The van der Waals surface area contributed by atoms with Crippen LogP contribution in [0.2, 0.25) is 0 Å². The summed E-state index contributed by atoms with van der Waals surface area (Å²) in [5.41, 5.74) is 0.644. The van der Waals surface area contributed by atoms with Crippen molar-refractivity contribution in [2.24, 2.45) is 17.3 Å². The molecule has 0 amide bonds. The van der Waals surface area contributed by atoms with E-state index < -0.39 is 0 Å². The summed E-state index contributed by atoms with van der Waals surface area (Å²) in [6.45, 7) is 11.8. The van der Waals surface area contributed by atoms with Gasteiger partial charge in [0.2, 0.25) is 0 Å². The second kappa shape index (κ2) is 7.41. The molecule has 1 heteroatoms. The molecular weight excluding hydrogens is 206 g/mol. The first-order valence-electron chi connectivity index (χ1n) is 7.82. The Morgan fingerprint density at radius 2 is 1.65 bits per heavy atom. The fraction of sp³-hybridized carbons (Fsp3) is 1.00. The van der Waals surface area contributed by atoms with Gasteiger partial charge in [0, 0.05) is 6.54 Å². The Labute approximate surface area is 109 Å². The first kappa shape index (κ1) is 15.0. The minimum Gasteiger partial charge on any atom is -0.316 e. The quantitative estimate of drug-likeness (QED) is 0.652. The molecule has 0 aromatic carbocycles. The summed E-state index contributed by atoms with van der Waals surface area (Å²) >= 11 is 0. The molecule has 0 spiro atoms. The van der Waals surface area contributed by atoms with Gasteiger partial charge < -0.3 is 5.32 Å². The van der Waals surface area contributed by atoms with E-state index in [-0.39, 0.29) is 0 Å². The van der Waals surface area contributed by atoms with Crippen molar-refractivity contribution >= 4 is 0 Å². The van der Waals surface area contributed by atoms with Crippen LogP contribution in [0.25, 0.3) is 0 Å². The molecule has 1 nitrogen and oxygen atoms in total. The van der Waals surface area contributed by atoms with E-state index >= 15 is 0 Å². The third kappa shape index (κ3) is 4.99. The van der Waals surface area contributed by atoms with E-state index in [9.17, 15) is 0 Å². The van der Waals surface area contributed by atoms with Gasteiger partial charge in [-0.15, -0.1) is 0 Å². The lowest BCUT2D eigenvalue weighted by Crippen LogP contribution is -2.35. The Hall–Kier alpha value is -0.0400. The van der Waals surface area contributed by atoms with E-state index in [1.807, 2.05) is 0 Å². The van der Waals surface area contributed by atoms with E-state index in [2.05, 4.69) is 33.0 Å². The molecule has 1 fully saturated rings. The summed E-state index contributed by atoms with van der Waals surface area (Å²) < 4.78 is 0. The number of hydrogen-bond donors (Lipinski definition) is 1. The highest BCUT2D eigenvalue weighted by atomic mass is 14.9. The Morgan fingerprint density at radius 1 is 1.06 bits per heavy atom. The maximum Gasteiger partial charge on any atom is 0.000802 e. The van der Waals surface area contributed by atoms with E-state index in [1.165, 1.54) is 58.0 Å². The monoisotopic (exact) mass is 239 g/mol. The highest BCUT2D eigenvalue weighted by Gasteiger charge is 2.34. The van der Waals surface area contributed by atoms with Gasteiger partial charge in [-0.1, -0.05) is 53.4 Å². The Bertz CT molecular complexity index is 188. The minimum absolute atomic E-state index is 0.644. The minimum atomic E-state index is 0.644. The molecule has 0 radical (unpaired) electrons. The molecule has 0 aliphatic heterocycles. The lowest BCUT2D eigenvalue weighted by molar-refractivity contribution is 0.201. The molecule has 102 valence electrons. The highest BCUT2D eigenvalue weighted by Crippen LogP contribution is 2.43. The van der Waals surface area contributed by atoms with Crippen LogP contribution in [-0.4, -0.2) is 13.1 Å². The normalized spacial score (nSPS) is 19.4. The van der Waals surface area contributed by atoms with Crippen molar-refractivity contribution in [3.63, 3.8) is 0 Å². The number of rotatable bonds is 8.